The molecule has 0 aliphatic heterocycles. The van der Waals surface area contributed by atoms with Crippen molar-refractivity contribution >= 4 is 33.4 Å². The van der Waals surface area contributed by atoms with Crippen molar-refractivity contribution in [2.45, 2.75) is 20.3 Å². The number of nitro benzene ring substituents is 1. The summed E-state index contributed by atoms with van der Waals surface area (Å²) < 4.78 is 6.28. The van der Waals surface area contributed by atoms with Crippen molar-refractivity contribution in [3.63, 3.8) is 0 Å². The number of nitrogens with zero attached hydrogens (tertiary/aromatic N) is 1. The third-order valence-electron chi connectivity index (χ3n) is 3.76. The Kier molecular flexibility index (Phi) is 7.51. The quantitative estimate of drug-likeness (QED) is 0.492. The number of hydrazine groups is 1. The van der Waals surface area contributed by atoms with E-state index in [1.165, 1.54) is 18.2 Å². The van der Waals surface area contributed by atoms with E-state index in [-0.39, 0.29) is 11.3 Å². The van der Waals surface area contributed by atoms with Crippen molar-refractivity contribution in [3.8, 4) is 5.75 Å². The van der Waals surface area contributed by atoms with Gasteiger partial charge in [0.2, 0.25) is 0 Å². The minimum atomic E-state index is -0.662. The molecule has 9 heteroatoms. The number of ether oxygens (including phenoxy) is 1. The summed E-state index contributed by atoms with van der Waals surface area (Å²) in [4.78, 5) is 34.5. The Bertz CT molecular complexity index is 886. The Morgan fingerprint density at radius 3 is 2.32 bits per heavy atom. The Morgan fingerprint density at radius 2 is 1.75 bits per heavy atom. The first-order valence-electron chi connectivity index (χ1n) is 8.55. The molecule has 2 N–H and O–H groups in total. The number of nitrogens with one attached hydrogen (secondary N) is 2. The zero-order valence-corrected chi connectivity index (χ0v) is 17.0. The van der Waals surface area contributed by atoms with Crippen LogP contribution < -0.4 is 15.6 Å². The molecule has 2 rings (SSSR count). The van der Waals surface area contributed by atoms with E-state index in [9.17, 15) is 19.7 Å². The van der Waals surface area contributed by atoms with Gasteiger partial charge in [-0.05, 0) is 52.5 Å². The average molecular weight is 450 g/mol. The van der Waals surface area contributed by atoms with Gasteiger partial charge in [0.1, 0.15) is 5.75 Å². The van der Waals surface area contributed by atoms with Crippen LogP contribution in [-0.4, -0.2) is 23.3 Å². The number of nitro groups is 1. The number of rotatable bonds is 7. The Balaban J connectivity index is 1.95. The van der Waals surface area contributed by atoms with Gasteiger partial charge in [0.05, 0.1) is 16.0 Å². The number of non-ortho nitro benzene ring substituents is 1. The summed E-state index contributed by atoms with van der Waals surface area (Å²) >= 11 is 3.36. The minimum absolute atomic E-state index is 0.0598. The zero-order valence-electron chi connectivity index (χ0n) is 15.4. The number of carbonyl (C=O) groups excluding carboxylic acids is 2. The maximum Gasteiger partial charge on any atom is 0.270 e. The predicted octanol–water partition coefficient (Wildman–Crippen LogP) is 3.86. The van der Waals surface area contributed by atoms with Crippen molar-refractivity contribution in [2.75, 3.05) is 6.61 Å². The summed E-state index contributed by atoms with van der Waals surface area (Å²) in [6, 6.07) is 10.0. The zero-order chi connectivity index (χ0) is 20.7. The fourth-order valence-corrected chi connectivity index (χ4v) is 2.68. The number of benzene rings is 2. The summed E-state index contributed by atoms with van der Waals surface area (Å²) in [6.45, 7) is 4.78. The second kappa shape index (κ2) is 9.84. The summed E-state index contributed by atoms with van der Waals surface area (Å²) in [5, 5.41) is 10.8. The standard InChI is InChI=1S/C19H20BrN3O5/c1-12(2)8-9-28-17-7-6-14(11-16(17)20)19(25)22-21-18(24)13-4-3-5-15(10-13)23(26)27/h3-7,10-12H,8-9H2,1-2H3,(H,21,24)(H,22,25). The first-order valence-corrected chi connectivity index (χ1v) is 9.34. The second-order valence-corrected chi connectivity index (χ2v) is 7.25. The highest BCUT2D eigenvalue weighted by Gasteiger charge is 2.14. The molecule has 2 amide bonds. The van der Waals surface area contributed by atoms with Gasteiger partial charge >= 0.3 is 0 Å². The van der Waals surface area contributed by atoms with Crippen LogP contribution in [0.25, 0.3) is 0 Å². The summed E-state index contributed by atoms with van der Waals surface area (Å²) in [5.41, 5.74) is 4.67. The molecule has 0 aliphatic rings. The van der Waals surface area contributed by atoms with Crippen molar-refractivity contribution in [1.29, 1.82) is 0 Å². The van der Waals surface area contributed by atoms with E-state index in [0.29, 0.717) is 28.3 Å². The maximum atomic E-state index is 12.2. The number of halogens is 1. The first-order chi connectivity index (χ1) is 13.3. The summed E-state index contributed by atoms with van der Waals surface area (Å²) in [5.74, 6) is -0.0470. The molecular formula is C19H20BrN3O5. The fourth-order valence-electron chi connectivity index (χ4n) is 2.18. The van der Waals surface area contributed by atoms with Crippen LogP contribution in [-0.2, 0) is 0 Å². The average Bonchev–Trinajstić information content (AvgIpc) is 2.66. The van der Waals surface area contributed by atoms with Gasteiger partial charge in [0.15, 0.2) is 0 Å². The van der Waals surface area contributed by atoms with Crippen LogP contribution >= 0.6 is 15.9 Å². The van der Waals surface area contributed by atoms with Crippen LogP contribution in [0.2, 0.25) is 0 Å². The third-order valence-corrected chi connectivity index (χ3v) is 4.38. The molecule has 0 unspecified atom stereocenters. The normalized spacial score (nSPS) is 10.4. The van der Waals surface area contributed by atoms with Gasteiger partial charge in [0, 0.05) is 23.3 Å². The molecule has 0 aliphatic carbocycles. The monoisotopic (exact) mass is 449 g/mol. The van der Waals surface area contributed by atoms with E-state index >= 15 is 0 Å². The predicted molar refractivity (Wildman–Crippen MR) is 107 cm³/mol. The van der Waals surface area contributed by atoms with Crippen LogP contribution in [0.15, 0.2) is 46.9 Å². The molecule has 2 aromatic carbocycles. The van der Waals surface area contributed by atoms with Crippen molar-refractivity contribution in [3.05, 3.63) is 68.2 Å². The van der Waals surface area contributed by atoms with Gasteiger partial charge < -0.3 is 4.74 Å². The third kappa shape index (κ3) is 6.05. The van der Waals surface area contributed by atoms with E-state index in [1.54, 1.807) is 18.2 Å². The molecule has 148 valence electrons. The van der Waals surface area contributed by atoms with Gasteiger partial charge in [0.25, 0.3) is 17.5 Å². The topological polar surface area (TPSA) is 111 Å². The molecule has 28 heavy (non-hydrogen) atoms. The molecule has 0 fully saturated rings. The van der Waals surface area contributed by atoms with E-state index in [1.807, 2.05) is 0 Å². The molecule has 0 saturated carbocycles. The van der Waals surface area contributed by atoms with E-state index in [4.69, 9.17) is 4.74 Å². The largest absolute Gasteiger partial charge is 0.492 e. The number of amides is 2. The van der Waals surface area contributed by atoms with Gasteiger partial charge in [-0.15, -0.1) is 0 Å². The summed E-state index contributed by atoms with van der Waals surface area (Å²) in [6.07, 6.45) is 0.915. The first kappa shape index (κ1) is 21.4. The lowest BCUT2D eigenvalue weighted by atomic mass is 10.1. The lowest BCUT2D eigenvalue weighted by Crippen LogP contribution is -2.41. The molecule has 0 saturated heterocycles. The van der Waals surface area contributed by atoms with Gasteiger partial charge in [-0.1, -0.05) is 19.9 Å². The van der Waals surface area contributed by atoms with E-state index in [0.717, 1.165) is 12.5 Å². The Hall–Kier alpha value is -2.94. The number of hydrogen-bond acceptors (Lipinski definition) is 5. The van der Waals surface area contributed by atoms with Crippen molar-refractivity contribution < 1.29 is 19.2 Å². The van der Waals surface area contributed by atoms with Crippen LogP contribution in [0.3, 0.4) is 0 Å². The molecule has 8 nitrogen and oxygen atoms in total. The Morgan fingerprint density at radius 1 is 1.11 bits per heavy atom. The molecule has 0 bridgehead atoms. The van der Waals surface area contributed by atoms with Crippen LogP contribution in [0, 0.1) is 16.0 Å². The highest BCUT2D eigenvalue weighted by Crippen LogP contribution is 2.26. The molecule has 2 aromatic rings. The summed E-state index contributed by atoms with van der Waals surface area (Å²) in [7, 11) is 0. The second-order valence-electron chi connectivity index (χ2n) is 6.39. The van der Waals surface area contributed by atoms with Gasteiger partial charge in [-0.3, -0.25) is 30.6 Å². The number of hydrogen-bond donors (Lipinski definition) is 2. The lowest BCUT2D eigenvalue weighted by molar-refractivity contribution is -0.384. The number of carbonyl (C=O) groups is 2. The van der Waals surface area contributed by atoms with Crippen molar-refractivity contribution in [1.82, 2.24) is 10.9 Å². The molecule has 0 aromatic heterocycles. The fraction of sp³-hybridized carbons (Fsp3) is 0.263. The van der Waals surface area contributed by atoms with Crippen molar-refractivity contribution in [2.24, 2.45) is 5.92 Å². The molecule has 0 atom stereocenters. The Labute approximate surface area is 170 Å². The van der Waals surface area contributed by atoms with Gasteiger partial charge in [-0.2, -0.15) is 0 Å². The van der Waals surface area contributed by atoms with Crippen LogP contribution in [0.5, 0.6) is 5.75 Å². The molecule has 0 heterocycles. The smallest absolute Gasteiger partial charge is 0.270 e. The van der Waals surface area contributed by atoms with E-state index < -0.39 is 16.7 Å². The SMILES string of the molecule is CC(C)CCOc1ccc(C(=O)NNC(=O)c2cccc([N+](=O)[O-])c2)cc1Br. The van der Waals surface area contributed by atoms with Gasteiger partial charge in [-0.25, -0.2) is 0 Å². The molecular weight excluding hydrogens is 430 g/mol. The maximum absolute atomic E-state index is 12.2. The van der Waals surface area contributed by atoms with Crippen LogP contribution in [0.1, 0.15) is 41.0 Å². The lowest BCUT2D eigenvalue weighted by Gasteiger charge is -2.11. The van der Waals surface area contributed by atoms with E-state index in [2.05, 4.69) is 40.6 Å². The molecule has 0 spiro atoms. The molecule has 0 radical (unpaired) electrons. The highest BCUT2D eigenvalue weighted by molar-refractivity contribution is 9.10. The van der Waals surface area contributed by atoms with Crippen LogP contribution in [0.4, 0.5) is 5.69 Å². The highest BCUT2D eigenvalue weighted by atomic mass is 79.9. The minimum Gasteiger partial charge on any atom is -0.492 e.